The molecule has 114 valence electrons. The number of nitrogens with zero attached hydrogens (tertiary/aromatic N) is 3. The van der Waals surface area contributed by atoms with Gasteiger partial charge in [-0.3, -0.25) is 0 Å². The number of ether oxygens (including phenoxy) is 4. The van der Waals surface area contributed by atoms with E-state index in [0.29, 0.717) is 11.5 Å². The van der Waals surface area contributed by atoms with Crippen molar-refractivity contribution >= 4 is 0 Å². The van der Waals surface area contributed by atoms with Crippen LogP contribution in [0.5, 0.6) is 11.5 Å². The molecule has 0 aromatic heterocycles. The van der Waals surface area contributed by atoms with Crippen molar-refractivity contribution in [1.82, 2.24) is 0 Å². The molecule has 2 rings (SSSR count). The number of hydrogen-bond donors (Lipinski definition) is 0. The Morgan fingerprint density at radius 1 is 1.19 bits per heavy atom. The normalized spacial score (nSPS) is 15.7. The quantitative estimate of drug-likeness (QED) is 0.318. The molecular weight excluding hydrogens is 274 g/mol. The number of hydrogen-bond acceptors (Lipinski definition) is 5. The molecule has 1 fully saturated rings. The highest BCUT2D eigenvalue weighted by molar-refractivity contribution is 5.46. The molecule has 0 amide bonds. The van der Waals surface area contributed by atoms with Crippen LogP contribution in [0.1, 0.15) is 24.8 Å². The molecule has 0 saturated heterocycles. The van der Waals surface area contributed by atoms with Crippen LogP contribution in [0.3, 0.4) is 0 Å². The zero-order chi connectivity index (χ0) is 15.1. The van der Waals surface area contributed by atoms with Crippen molar-refractivity contribution in [1.29, 1.82) is 0 Å². The Bertz CT molecular complexity index is 525. The van der Waals surface area contributed by atoms with Gasteiger partial charge in [-0.2, -0.15) is 0 Å². The second-order valence-electron chi connectivity index (χ2n) is 4.83. The molecule has 0 heterocycles. The molecule has 1 aliphatic rings. The monoisotopic (exact) mass is 293 g/mol. The molecule has 7 heteroatoms. The first-order valence-corrected chi connectivity index (χ1v) is 6.70. The highest BCUT2D eigenvalue weighted by atomic mass is 16.7. The van der Waals surface area contributed by atoms with Crippen molar-refractivity contribution in [2.75, 3.05) is 27.8 Å². The van der Waals surface area contributed by atoms with Crippen LogP contribution in [0.25, 0.3) is 10.4 Å². The van der Waals surface area contributed by atoms with E-state index in [0.717, 1.165) is 24.8 Å². The van der Waals surface area contributed by atoms with Gasteiger partial charge < -0.3 is 18.9 Å². The second-order valence-corrected chi connectivity index (χ2v) is 4.83. The summed E-state index contributed by atoms with van der Waals surface area (Å²) < 4.78 is 20.9. The van der Waals surface area contributed by atoms with E-state index in [9.17, 15) is 0 Å². The van der Waals surface area contributed by atoms with Gasteiger partial charge in [-0.1, -0.05) is 17.6 Å². The van der Waals surface area contributed by atoms with Gasteiger partial charge in [0.15, 0.2) is 13.6 Å². The SMILES string of the molecule is COCOc1ccc(C2(N=[N+]=[N-])CCC2)c(OCOC)c1. The molecule has 0 radical (unpaired) electrons. The van der Waals surface area contributed by atoms with Crippen molar-refractivity contribution < 1.29 is 18.9 Å². The zero-order valence-electron chi connectivity index (χ0n) is 12.2. The third kappa shape index (κ3) is 3.39. The third-order valence-electron chi connectivity index (χ3n) is 3.55. The minimum absolute atomic E-state index is 0.118. The molecule has 0 atom stereocenters. The molecule has 0 bridgehead atoms. The fraction of sp³-hybridized carbons (Fsp3) is 0.571. The summed E-state index contributed by atoms with van der Waals surface area (Å²) in [5, 5.41) is 3.99. The van der Waals surface area contributed by atoms with E-state index in [2.05, 4.69) is 10.0 Å². The van der Waals surface area contributed by atoms with E-state index >= 15 is 0 Å². The van der Waals surface area contributed by atoms with Gasteiger partial charge in [-0.25, -0.2) is 0 Å². The van der Waals surface area contributed by atoms with Crippen LogP contribution in [0.4, 0.5) is 0 Å². The topological polar surface area (TPSA) is 85.7 Å². The van der Waals surface area contributed by atoms with Gasteiger partial charge in [-0.05, 0) is 24.4 Å². The molecule has 1 saturated carbocycles. The lowest BCUT2D eigenvalue weighted by molar-refractivity contribution is 0.0442. The number of benzene rings is 1. The largest absolute Gasteiger partial charge is 0.467 e. The van der Waals surface area contributed by atoms with Crippen LogP contribution in [0, 0.1) is 0 Å². The molecule has 0 aliphatic heterocycles. The summed E-state index contributed by atoms with van der Waals surface area (Å²) in [6.07, 6.45) is 2.67. The van der Waals surface area contributed by atoms with E-state index in [-0.39, 0.29) is 13.6 Å². The summed E-state index contributed by atoms with van der Waals surface area (Å²) >= 11 is 0. The summed E-state index contributed by atoms with van der Waals surface area (Å²) in [7, 11) is 3.11. The lowest BCUT2D eigenvalue weighted by atomic mass is 9.72. The van der Waals surface area contributed by atoms with E-state index in [1.165, 1.54) is 0 Å². The highest BCUT2D eigenvalue weighted by Gasteiger charge is 2.40. The summed E-state index contributed by atoms with van der Waals surface area (Å²) in [6, 6.07) is 5.46. The summed E-state index contributed by atoms with van der Waals surface area (Å²) in [5.74, 6) is 1.24. The van der Waals surface area contributed by atoms with Gasteiger partial charge in [0, 0.05) is 30.8 Å². The molecule has 0 spiro atoms. The fourth-order valence-corrected chi connectivity index (χ4v) is 2.37. The van der Waals surface area contributed by atoms with Crippen molar-refractivity contribution in [3.8, 4) is 11.5 Å². The van der Waals surface area contributed by atoms with Gasteiger partial charge in [0.2, 0.25) is 0 Å². The van der Waals surface area contributed by atoms with Crippen molar-refractivity contribution in [2.24, 2.45) is 5.11 Å². The smallest absolute Gasteiger partial charge is 0.188 e. The number of methoxy groups -OCH3 is 2. The van der Waals surface area contributed by atoms with Gasteiger partial charge in [0.05, 0.1) is 5.54 Å². The first-order valence-electron chi connectivity index (χ1n) is 6.70. The maximum atomic E-state index is 8.82. The van der Waals surface area contributed by atoms with Crippen molar-refractivity contribution in [3.05, 3.63) is 34.2 Å². The average molecular weight is 293 g/mol. The molecule has 0 unspecified atom stereocenters. The van der Waals surface area contributed by atoms with Crippen LogP contribution >= 0.6 is 0 Å². The molecule has 1 aromatic carbocycles. The van der Waals surface area contributed by atoms with Gasteiger partial charge in [0.25, 0.3) is 0 Å². The number of rotatable bonds is 8. The maximum absolute atomic E-state index is 8.82. The average Bonchev–Trinajstić information content (AvgIpc) is 2.47. The second kappa shape index (κ2) is 7.17. The Morgan fingerprint density at radius 3 is 2.48 bits per heavy atom. The lowest BCUT2D eigenvalue weighted by Crippen LogP contribution is -2.32. The fourth-order valence-electron chi connectivity index (χ4n) is 2.37. The molecule has 7 nitrogen and oxygen atoms in total. The highest BCUT2D eigenvalue weighted by Crippen LogP contribution is 2.49. The Balaban J connectivity index is 2.32. The van der Waals surface area contributed by atoms with Crippen molar-refractivity contribution in [3.63, 3.8) is 0 Å². The molecule has 1 aromatic rings. The minimum atomic E-state index is -0.516. The maximum Gasteiger partial charge on any atom is 0.188 e. The van der Waals surface area contributed by atoms with E-state index in [1.807, 2.05) is 12.1 Å². The van der Waals surface area contributed by atoms with Gasteiger partial charge >= 0.3 is 0 Å². The lowest BCUT2D eigenvalue weighted by Gasteiger charge is -2.38. The molecular formula is C14H19N3O4. The van der Waals surface area contributed by atoms with Crippen LogP contribution in [0.15, 0.2) is 23.3 Å². The van der Waals surface area contributed by atoms with Crippen LogP contribution in [-0.2, 0) is 15.0 Å². The Labute approximate surface area is 123 Å². The van der Waals surface area contributed by atoms with Crippen LogP contribution in [-0.4, -0.2) is 27.8 Å². The summed E-state index contributed by atoms with van der Waals surface area (Å²) in [4.78, 5) is 2.99. The first kappa shape index (κ1) is 15.4. The Morgan fingerprint density at radius 2 is 1.90 bits per heavy atom. The van der Waals surface area contributed by atoms with E-state index in [4.69, 9.17) is 24.5 Å². The van der Waals surface area contributed by atoms with E-state index in [1.54, 1.807) is 20.3 Å². The summed E-state index contributed by atoms with van der Waals surface area (Å²) in [6.45, 7) is 0.275. The van der Waals surface area contributed by atoms with Gasteiger partial charge in [-0.15, -0.1) is 0 Å². The molecule has 0 N–H and O–H groups in total. The Hall–Kier alpha value is -1.95. The predicted molar refractivity (Wildman–Crippen MR) is 76.1 cm³/mol. The predicted octanol–water partition coefficient (Wildman–Crippen LogP) is 3.34. The Kier molecular flexibility index (Phi) is 5.27. The third-order valence-corrected chi connectivity index (χ3v) is 3.55. The van der Waals surface area contributed by atoms with E-state index < -0.39 is 5.54 Å². The van der Waals surface area contributed by atoms with Gasteiger partial charge in [0.1, 0.15) is 11.5 Å². The van der Waals surface area contributed by atoms with Crippen molar-refractivity contribution in [2.45, 2.75) is 24.8 Å². The summed E-state index contributed by atoms with van der Waals surface area (Å²) in [5.41, 5.74) is 9.17. The molecule has 21 heavy (non-hydrogen) atoms. The first-order chi connectivity index (χ1) is 10.3. The van der Waals surface area contributed by atoms with Crippen LogP contribution in [0.2, 0.25) is 0 Å². The van der Waals surface area contributed by atoms with Crippen LogP contribution < -0.4 is 9.47 Å². The number of azide groups is 1. The standard InChI is InChI=1S/C14H19N3O4/c1-18-9-20-11-4-5-12(13(8-11)21-10-19-2)14(16-17-15)6-3-7-14/h4-5,8H,3,6-7,9-10H2,1-2H3. The zero-order valence-corrected chi connectivity index (χ0v) is 12.2. The molecule has 1 aliphatic carbocycles. The minimum Gasteiger partial charge on any atom is -0.467 e.